The van der Waals surface area contributed by atoms with Crippen LogP contribution in [0.3, 0.4) is 0 Å². The summed E-state index contributed by atoms with van der Waals surface area (Å²) in [6.45, 7) is -0.866. The summed E-state index contributed by atoms with van der Waals surface area (Å²) in [5.74, 6) is -2.66. The van der Waals surface area contributed by atoms with E-state index in [2.05, 4.69) is 10.6 Å². The lowest BCUT2D eigenvalue weighted by molar-refractivity contribution is -0.309. The van der Waals surface area contributed by atoms with E-state index in [-0.39, 0.29) is 11.8 Å². The summed E-state index contributed by atoms with van der Waals surface area (Å²) in [6, 6.07) is 5.82. The molecule has 0 bridgehead atoms. The summed E-state index contributed by atoms with van der Waals surface area (Å²) in [7, 11) is 0. The standard InChI is InChI=1S/C20H19N3O6S/c24-16(8-29-9-17(25)26)21-15-3-5-23-18(15)19(27)22-14-2-1-11(7-13(14)20(23)28)12-4-6-30-10-12/h1-2,4,6-7,10,15,18H,3,5,8-9H2,(H,21,24)(H,22,27)(H,25,26)/p-1/t15-,18-/m0/s1. The monoisotopic (exact) mass is 428 g/mol. The number of carbonyl (C=O) groups excluding carboxylic acids is 4. The normalized spacial score (nSPS) is 20.2. The van der Waals surface area contributed by atoms with Crippen LogP contribution >= 0.6 is 11.3 Å². The Morgan fingerprint density at radius 2 is 2.07 bits per heavy atom. The molecule has 3 amide bonds. The van der Waals surface area contributed by atoms with Crippen molar-refractivity contribution in [1.29, 1.82) is 0 Å². The molecule has 0 unspecified atom stereocenters. The van der Waals surface area contributed by atoms with Gasteiger partial charge in [0.15, 0.2) is 0 Å². The zero-order valence-electron chi connectivity index (χ0n) is 15.8. The Kier molecular flexibility index (Phi) is 5.51. The van der Waals surface area contributed by atoms with Crippen molar-refractivity contribution in [3.63, 3.8) is 0 Å². The van der Waals surface area contributed by atoms with Crippen molar-refractivity contribution in [3.8, 4) is 11.1 Å². The number of aliphatic carboxylic acids is 1. The Balaban J connectivity index is 1.52. The predicted molar refractivity (Wildman–Crippen MR) is 106 cm³/mol. The molecule has 1 saturated heterocycles. The van der Waals surface area contributed by atoms with Crippen molar-refractivity contribution in [2.45, 2.75) is 18.5 Å². The highest BCUT2D eigenvalue weighted by Gasteiger charge is 2.45. The van der Waals surface area contributed by atoms with Crippen LogP contribution in [0.5, 0.6) is 0 Å². The molecular weight excluding hydrogens is 410 g/mol. The molecule has 0 radical (unpaired) electrons. The maximum atomic E-state index is 13.2. The average Bonchev–Trinajstić information content (AvgIpc) is 3.35. The van der Waals surface area contributed by atoms with Crippen LogP contribution in [0, 0.1) is 0 Å². The van der Waals surface area contributed by atoms with Crippen molar-refractivity contribution in [1.82, 2.24) is 10.2 Å². The maximum absolute atomic E-state index is 13.2. The van der Waals surface area contributed by atoms with Gasteiger partial charge in [0.2, 0.25) is 11.8 Å². The summed E-state index contributed by atoms with van der Waals surface area (Å²) in [6.07, 6.45) is 0.398. The minimum absolute atomic E-state index is 0.282. The average molecular weight is 428 g/mol. The summed E-state index contributed by atoms with van der Waals surface area (Å²) in [4.78, 5) is 49.9. The number of hydrogen-bond donors (Lipinski definition) is 2. The third kappa shape index (κ3) is 3.91. The Hall–Kier alpha value is -3.24. The fraction of sp³-hybridized carbons (Fsp3) is 0.300. The van der Waals surface area contributed by atoms with Gasteiger partial charge >= 0.3 is 0 Å². The highest BCUT2D eigenvalue weighted by Crippen LogP contribution is 2.32. The van der Waals surface area contributed by atoms with Gasteiger partial charge in [-0.3, -0.25) is 14.4 Å². The van der Waals surface area contributed by atoms with Gasteiger partial charge in [-0.2, -0.15) is 11.3 Å². The van der Waals surface area contributed by atoms with Gasteiger partial charge in [-0.25, -0.2) is 0 Å². The number of carbonyl (C=O) groups is 4. The van der Waals surface area contributed by atoms with Gasteiger partial charge < -0.3 is 30.2 Å². The molecule has 30 heavy (non-hydrogen) atoms. The van der Waals surface area contributed by atoms with E-state index < -0.39 is 37.2 Å². The number of carboxylic acid groups (broad SMARTS) is 1. The van der Waals surface area contributed by atoms with Crippen LogP contribution in [-0.4, -0.2) is 60.4 Å². The molecule has 156 valence electrons. The third-order valence-corrected chi connectivity index (χ3v) is 5.77. The quantitative estimate of drug-likeness (QED) is 0.658. The van der Waals surface area contributed by atoms with Crippen LogP contribution < -0.4 is 15.7 Å². The van der Waals surface area contributed by atoms with Crippen molar-refractivity contribution in [2.75, 3.05) is 25.1 Å². The van der Waals surface area contributed by atoms with Crippen molar-refractivity contribution in [2.24, 2.45) is 0 Å². The molecule has 1 aromatic carbocycles. The minimum atomic E-state index is -1.43. The molecule has 4 rings (SSSR count). The minimum Gasteiger partial charge on any atom is -0.548 e. The molecule has 1 aromatic heterocycles. The number of ether oxygens (including phenoxy) is 1. The smallest absolute Gasteiger partial charge is 0.256 e. The predicted octanol–water partition coefficient (Wildman–Crippen LogP) is -0.167. The van der Waals surface area contributed by atoms with E-state index in [9.17, 15) is 24.3 Å². The number of rotatable bonds is 6. The summed E-state index contributed by atoms with van der Waals surface area (Å²) >= 11 is 1.55. The lowest BCUT2D eigenvalue weighted by Crippen LogP contribution is -2.52. The van der Waals surface area contributed by atoms with Gasteiger partial charge in [0.05, 0.1) is 29.9 Å². The Labute approximate surface area is 175 Å². The van der Waals surface area contributed by atoms with Gasteiger partial charge in [0.25, 0.3) is 5.91 Å². The maximum Gasteiger partial charge on any atom is 0.256 e. The van der Waals surface area contributed by atoms with Gasteiger partial charge in [0.1, 0.15) is 12.6 Å². The number of fused-ring (bicyclic) bond motifs is 2. The zero-order chi connectivity index (χ0) is 21.3. The van der Waals surface area contributed by atoms with Gasteiger partial charge in [-0.1, -0.05) is 6.07 Å². The number of nitrogens with zero attached hydrogens (tertiary/aromatic N) is 1. The molecule has 2 aliphatic rings. The second-order valence-corrected chi connectivity index (χ2v) is 7.81. The molecule has 10 heteroatoms. The van der Waals surface area contributed by atoms with Crippen molar-refractivity contribution >= 4 is 40.7 Å². The van der Waals surface area contributed by atoms with Crippen LogP contribution in [0.1, 0.15) is 16.8 Å². The molecule has 2 N–H and O–H groups in total. The number of nitrogens with one attached hydrogen (secondary N) is 2. The van der Waals surface area contributed by atoms with E-state index >= 15 is 0 Å². The SMILES string of the molecule is O=C([O-])COCC(=O)N[C@H]1CCN2C(=O)c3cc(-c4ccsc4)ccc3NC(=O)[C@H]12. The first kappa shape index (κ1) is 20.0. The van der Waals surface area contributed by atoms with Crippen LogP contribution in [0.15, 0.2) is 35.0 Å². The van der Waals surface area contributed by atoms with E-state index in [0.717, 1.165) is 11.1 Å². The van der Waals surface area contributed by atoms with Gasteiger partial charge in [0, 0.05) is 6.54 Å². The molecule has 0 aliphatic carbocycles. The summed E-state index contributed by atoms with van der Waals surface area (Å²) in [5.41, 5.74) is 2.70. The molecule has 2 aliphatic heterocycles. The Bertz CT molecular complexity index is 1010. The Morgan fingerprint density at radius 1 is 1.23 bits per heavy atom. The van der Waals surface area contributed by atoms with E-state index in [0.29, 0.717) is 24.2 Å². The van der Waals surface area contributed by atoms with E-state index in [1.54, 1.807) is 23.5 Å². The number of anilines is 1. The zero-order valence-corrected chi connectivity index (χ0v) is 16.6. The first-order chi connectivity index (χ1) is 14.4. The molecule has 3 heterocycles. The summed E-state index contributed by atoms with van der Waals surface area (Å²) in [5, 5.41) is 19.8. The number of amides is 3. The highest BCUT2D eigenvalue weighted by molar-refractivity contribution is 7.08. The number of benzene rings is 1. The van der Waals surface area contributed by atoms with E-state index in [4.69, 9.17) is 4.74 Å². The van der Waals surface area contributed by atoms with Crippen LogP contribution in [0.2, 0.25) is 0 Å². The molecule has 2 aromatic rings. The van der Waals surface area contributed by atoms with Gasteiger partial charge in [-0.15, -0.1) is 0 Å². The molecule has 1 fully saturated rings. The van der Waals surface area contributed by atoms with Crippen LogP contribution in [0.25, 0.3) is 11.1 Å². The second kappa shape index (κ2) is 8.25. The van der Waals surface area contributed by atoms with E-state index in [1.165, 1.54) is 4.90 Å². The topological polar surface area (TPSA) is 128 Å². The van der Waals surface area contributed by atoms with Crippen LogP contribution in [-0.2, 0) is 19.1 Å². The number of carboxylic acids is 1. The first-order valence-corrected chi connectivity index (χ1v) is 10.2. The molecule has 2 atom stereocenters. The lowest BCUT2D eigenvalue weighted by atomic mass is 10.0. The second-order valence-electron chi connectivity index (χ2n) is 7.03. The molecule has 0 saturated carbocycles. The highest BCUT2D eigenvalue weighted by atomic mass is 32.1. The molecule has 9 nitrogen and oxygen atoms in total. The first-order valence-electron chi connectivity index (χ1n) is 9.29. The number of thiophene rings is 1. The fourth-order valence-electron chi connectivity index (χ4n) is 3.77. The fourth-order valence-corrected chi connectivity index (χ4v) is 4.44. The molecule has 0 spiro atoms. The molecular formula is C20H18N3O6S-. The Morgan fingerprint density at radius 3 is 2.80 bits per heavy atom. The van der Waals surface area contributed by atoms with Gasteiger partial charge in [-0.05, 0) is 46.5 Å². The largest absolute Gasteiger partial charge is 0.548 e. The van der Waals surface area contributed by atoms with E-state index in [1.807, 2.05) is 22.9 Å². The van der Waals surface area contributed by atoms with Crippen molar-refractivity contribution in [3.05, 3.63) is 40.6 Å². The van der Waals surface area contributed by atoms with Crippen molar-refractivity contribution < 1.29 is 29.0 Å². The van der Waals surface area contributed by atoms with Crippen LogP contribution in [0.4, 0.5) is 5.69 Å². The third-order valence-electron chi connectivity index (χ3n) is 5.09. The summed E-state index contributed by atoms with van der Waals surface area (Å²) < 4.78 is 4.72. The number of hydrogen-bond acceptors (Lipinski definition) is 7. The lowest BCUT2D eigenvalue weighted by Gasteiger charge is -2.25.